The average Bonchev–Trinajstić information content (AvgIpc) is 3.36. The van der Waals surface area contributed by atoms with Crippen molar-refractivity contribution >= 4 is 99.1 Å². The zero-order chi connectivity index (χ0) is 28.7. The maximum Gasteiger partial charge on any atom is 0.282 e. The minimum atomic E-state index is -0.359. The Balaban J connectivity index is 1.46. The van der Waals surface area contributed by atoms with Gasteiger partial charge in [0.15, 0.2) is 5.76 Å². The first-order valence-corrected chi connectivity index (χ1v) is 15.2. The molecule has 0 fully saturated rings. The second-order valence-corrected chi connectivity index (χ2v) is 12.4. The Kier molecular flexibility index (Phi) is 8.07. The van der Waals surface area contributed by atoms with Gasteiger partial charge in [-0.3, -0.25) is 4.79 Å². The Labute approximate surface area is 268 Å². The summed E-state index contributed by atoms with van der Waals surface area (Å²) < 4.78 is 16.0. The summed E-state index contributed by atoms with van der Waals surface area (Å²) in [7, 11) is 0. The van der Waals surface area contributed by atoms with E-state index in [1.165, 1.54) is 10.9 Å². The minimum Gasteiger partial charge on any atom is -0.487 e. The number of rotatable bonds is 6. The second kappa shape index (κ2) is 11.7. The number of ether oxygens (including phenoxy) is 1. The fourth-order valence-corrected chi connectivity index (χ4v) is 6.54. The van der Waals surface area contributed by atoms with Gasteiger partial charge in [0.2, 0.25) is 5.82 Å². The number of nitrogens with zero attached hydrogens (tertiary/aromatic N) is 3. The average molecular weight is 777 g/mol. The van der Waals surface area contributed by atoms with Crippen molar-refractivity contribution in [2.45, 2.75) is 6.61 Å². The van der Waals surface area contributed by atoms with Crippen molar-refractivity contribution in [3.05, 3.63) is 124 Å². The van der Waals surface area contributed by atoms with Crippen LogP contribution in [0.15, 0.2) is 107 Å². The molecule has 4 aromatic carbocycles. The topological polar surface area (TPSA) is 69.6 Å². The van der Waals surface area contributed by atoms with E-state index in [1.54, 1.807) is 54.6 Å². The summed E-state index contributed by atoms with van der Waals surface area (Å²) in [6.07, 6.45) is 1.52. The molecule has 2 aromatic heterocycles. The predicted molar refractivity (Wildman–Crippen MR) is 175 cm³/mol. The zero-order valence-corrected chi connectivity index (χ0v) is 27.0. The molecule has 0 spiro atoms. The van der Waals surface area contributed by atoms with Crippen molar-refractivity contribution < 1.29 is 9.15 Å². The highest BCUT2D eigenvalue weighted by Crippen LogP contribution is 2.34. The van der Waals surface area contributed by atoms with Crippen molar-refractivity contribution in [2.75, 3.05) is 0 Å². The number of benzene rings is 4. The molecule has 0 aliphatic heterocycles. The molecule has 0 aliphatic rings. The molecule has 0 N–H and O–H groups in total. The van der Waals surface area contributed by atoms with Crippen LogP contribution in [0, 0.1) is 0 Å². The molecule has 0 aliphatic carbocycles. The lowest BCUT2D eigenvalue weighted by Crippen LogP contribution is -2.20. The van der Waals surface area contributed by atoms with E-state index in [1.807, 2.05) is 24.3 Å². The van der Waals surface area contributed by atoms with E-state index < -0.39 is 0 Å². The monoisotopic (exact) mass is 773 g/mol. The largest absolute Gasteiger partial charge is 0.487 e. The van der Waals surface area contributed by atoms with Gasteiger partial charge in [-0.1, -0.05) is 73.3 Å². The highest BCUT2D eigenvalue weighted by Gasteiger charge is 2.17. The molecular weight excluding hydrogens is 761 g/mol. The first-order chi connectivity index (χ1) is 19.8. The van der Waals surface area contributed by atoms with Crippen molar-refractivity contribution in [3.8, 4) is 17.3 Å². The van der Waals surface area contributed by atoms with Crippen LogP contribution in [0.25, 0.3) is 33.5 Å². The Bertz CT molecular complexity index is 2060. The van der Waals surface area contributed by atoms with Crippen LogP contribution in [0.4, 0.5) is 0 Å². The molecule has 204 valence electrons. The Morgan fingerprint density at radius 3 is 2.59 bits per heavy atom. The van der Waals surface area contributed by atoms with Gasteiger partial charge in [-0.05, 0) is 76.6 Å². The number of halogens is 5. The van der Waals surface area contributed by atoms with Crippen LogP contribution in [-0.2, 0) is 6.61 Å². The third-order valence-corrected chi connectivity index (χ3v) is 8.46. The van der Waals surface area contributed by atoms with Crippen LogP contribution in [0.3, 0.4) is 0 Å². The predicted octanol–water partition coefficient (Wildman–Crippen LogP) is 9.87. The molecule has 11 heteroatoms. The molecular formula is C30H16Br3Cl2N3O3. The van der Waals surface area contributed by atoms with Crippen molar-refractivity contribution in [3.63, 3.8) is 0 Å². The van der Waals surface area contributed by atoms with Gasteiger partial charge in [-0.15, -0.1) is 0 Å². The molecule has 0 saturated heterocycles. The van der Waals surface area contributed by atoms with Gasteiger partial charge < -0.3 is 9.15 Å². The molecule has 0 radical (unpaired) electrons. The van der Waals surface area contributed by atoms with Crippen LogP contribution in [0.5, 0.6) is 5.75 Å². The van der Waals surface area contributed by atoms with Crippen molar-refractivity contribution in [2.24, 2.45) is 5.10 Å². The number of furan rings is 1. The standard InChI is InChI=1S/C30H16Br3Cl2N3O3/c31-19-6-5-16(23(32)12-19)15-40-28-18(10-21(35)13-24(28)33)14-36-38-29(37-25-4-2-1-3-22(25)30(38)39)27-11-17-9-20(34)7-8-26(17)41-27/h1-14H,15H2. The van der Waals surface area contributed by atoms with E-state index in [9.17, 15) is 4.79 Å². The number of fused-ring (bicyclic) bond motifs is 2. The normalized spacial score (nSPS) is 11.6. The highest BCUT2D eigenvalue weighted by atomic mass is 79.9. The third-order valence-electron chi connectivity index (χ3n) is 6.19. The quantitative estimate of drug-likeness (QED) is 0.158. The molecule has 0 atom stereocenters. The van der Waals surface area contributed by atoms with Crippen LogP contribution in [0.1, 0.15) is 11.1 Å². The SMILES string of the molecule is O=c1c2ccccc2nc(-c2cc3cc(Cl)ccc3o2)n1N=Cc1cc(Cl)cc(Br)c1OCc1ccc(Br)cc1Br. The fraction of sp³-hybridized carbons (Fsp3) is 0.0333. The summed E-state index contributed by atoms with van der Waals surface area (Å²) in [6.45, 7) is 0.277. The van der Waals surface area contributed by atoms with Gasteiger partial charge >= 0.3 is 0 Å². The lowest BCUT2D eigenvalue weighted by atomic mass is 10.2. The van der Waals surface area contributed by atoms with Crippen LogP contribution in [0.2, 0.25) is 10.0 Å². The van der Waals surface area contributed by atoms with E-state index in [-0.39, 0.29) is 18.0 Å². The molecule has 2 heterocycles. The van der Waals surface area contributed by atoms with Crippen LogP contribution >= 0.6 is 71.0 Å². The Hall–Kier alpha value is -2.95. The van der Waals surface area contributed by atoms with E-state index in [2.05, 4.69) is 52.9 Å². The molecule has 6 aromatic rings. The lowest BCUT2D eigenvalue weighted by Gasteiger charge is -2.13. The van der Waals surface area contributed by atoms with E-state index in [0.717, 1.165) is 19.9 Å². The molecule has 0 bridgehead atoms. The molecule has 41 heavy (non-hydrogen) atoms. The summed E-state index contributed by atoms with van der Waals surface area (Å²) in [6, 6.07) is 23.4. The van der Waals surface area contributed by atoms with E-state index in [0.29, 0.717) is 48.1 Å². The summed E-state index contributed by atoms with van der Waals surface area (Å²) in [5.74, 6) is 1.11. The highest BCUT2D eigenvalue weighted by molar-refractivity contribution is 9.11. The molecule has 6 nitrogen and oxygen atoms in total. The Morgan fingerprint density at radius 2 is 1.76 bits per heavy atom. The fourth-order valence-electron chi connectivity index (χ4n) is 4.25. The number of aromatic nitrogens is 2. The van der Waals surface area contributed by atoms with Gasteiger partial charge in [0, 0.05) is 35.5 Å². The number of para-hydroxylation sites is 1. The smallest absolute Gasteiger partial charge is 0.282 e. The summed E-state index contributed by atoms with van der Waals surface area (Å²) >= 11 is 23.2. The lowest BCUT2D eigenvalue weighted by molar-refractivity contribution is 0.303. The number of hydrogen-bond acceptors (Lipinski definition) is 5. The Morgan fingerprint density at radius 1 is 0.927 bits per heavy atom. The van der Waals surface area contributed by atoms with Crippen molar-refractivity contribution in [1.82, 2.24) is 9.66 Å². The molecule has 6 rings (SSSR count). The first kappa shape index (κ1) is 28.2. The third kappa shape index (κ3) is 5.87. The maximum atomic E-state index is 13.7. The molecule has 0 unspecified atom stereocenters. The maximum absolute atomic E-state index is 13.7. The van der Waals surface area contributed by atoms with Gasteiger partial charge in [0.1, 0.15) is 17.9 Å². The van der Waals surface area contributed by atoms with Gasteiger partial charge in [-0.2, -0.15) is 9.78 Å². The minimum absolute atomic E-state index is 0.236. The number of hydrogen-bond donors (Lipinski definition) is 0. The molecule has 0 amide bonds. The van der Waals surface area contributed by atoms with Crippen LogP contribution < -0.4 is 10.3 Å². The van der Waals surface area contributed by atoms with E-state index in [4.69, 9.17) is 37.3 Å². The van der Waals surface area contributed by atoms with E-state index >= 15 is 0 Å². The zero-order valence-electron chi connectivity index (χ0n) is 20.7. The van der Waals surface area contributed by atoms with Gasteiger partial charge in [0.25, 0.3) is 5.56 Å². The summed E-state index contributed by atoms with van der Waals surface area (Å²) in [5.41, 5.74) is 2.27. The summed E-state index contributed by atoms with van der Waals surface area (Å²) in [5, 5.41) is 6.80. The summed E-state index contributed by atoms with van der Waals surface area (Å²) in [4.78, 5) is 18.4. The second-order valence-electron chi connectivity index (χ2n) is 8.94. The van der Waals surface area contributed by atoms with Gasteiger partial charge in [-0.25, -0.2) is 4.98 Å². The van der Waals surface area contributed by atoms with Crippen LogP contribution in [-0.4, -0.2) is 15.9 Å². The van der Waals surface area contributed by atoms with Gasteiger partial charge in [0.05, 0.1) is 21.6 Å². The van der Waals surface area contributed by atoms with Crippen molar-refractivity contribution in [1.29, 1.82) is 0 Å². The first-order valence-electron chi connectivity index (χ1n) is 12.1. The molecule has 0 saturated carbocycles.